The molecule has 0 unspecified atom stereocenters. The predicted octanol–water partition coefficient (Wildman–Crippen LogP) is -2.92. The van der Waals surface area contributed by atoms with Gasteiger partial charge in [-0.15, -0.1) is 0 Å². The van der Waals surface area contributed by atoms with Gasteiger partial charge in [0.2, 0.25) is 0 Å². The van der Waals surface area contributed by atoms with Gasteiger partial charge in [0.15, 0.2) is 0 Å². The highest BCUT2D eigenvalue weighted by Gasteiger charge is 2.51. The molecular weight excluding hydrogens is 354 g/mol. The van der Waals surface area contributed by atoms with E-state index in [-0.39, 0.29) is 0 Å². The molecule has 0 bridgehead atoms. The minimum absolute atomic E-state index is 0.668. The quantitative estimate of drug-likeness (QED) is 0.158. The number of aliphatic hydroxyl groups is 4. The van der Waals surface area contributed by atoms with E-state index in [1.807, 2.05) is 0 Å². The Labute approximate surface area is 125 Å². The first-order chi connectivity index (χ1) is 9.76. The zero-order chi connectivity index (χ0) is 18.2. The minimum atomic E-state index is -5.05. The van der Waals surface area contributed by atoms with Gasteiger partial charge in [0.25, 0.3) is 5.97 Å². The van der Waals surface area contributed by atoms with Crippen LogP contribution in [0.1, 0.15) is 0 Å². The summed E-state index contributed by atoms with van der Waals surface area (Å²) in [4.78, 5) is 31.0. The van der Waals surface area contributed by atoms with Crippen LogP contribution < -0.4 is 0 Å². The van der Waals surface area contributed by atoms with Crippen molar-refractivity contribution in [1.29, 1.82) is 0 Å². The highest BCUT2D eigenvalue weighted by molar-refractivity contribution is 7.60. The Balaban J connectivity index is 0. The third kappa shape index (κ3) is 8.04. The van der Waals surface area contributed by atoms with Crippen LogP contribution in [0.2, 0.25) is 0 Å². The van der Waals surface area contributed by atoms with Crippen LogP contribution in [0.3, 0.4) is 0 Å². The lowest BCUT2D eigenvalue weighted by molar-refractivity contribution is -0.409. The minimum Gasteiger partial charge on any atom is -0.395 e. The topological polar surface area (TPSA) is 224 Å². The Hall–Kier alpha value is 0.0200. The highest BCUT2D eigenvalue weighted by atomic mass is 31.3. The smallest absolute Gasteiger partial charge is 0.395 e. The zero-order valence-electron chi connectivity index (χ0n) is 11.6. The number of hydrogen-bond acceptors (Lipinski definition) is 9. The summed E-state index contributed by atoms with van der Waals surface area (Å²) in [7, 11) is -7.82. The number of hydrogen-bond donors (Lipinski definition) is 8. The summed E-state index contributed by atoms with van der Waals surface area (Å²) in [6, 6.07) is 0. The Bertz CT molecular complexity index is 363. The zero-order valence-corrected chi connectivity index (χ0v) is 13.4. The Morgan fingerprint density at radius 2 is 1.09 bits per heavy atom. The molecule has 15 heteroatoms. The van der Waals surface area contributed by atoms with Crippen molar-refractivity contribution < 1.29 is 62.9 Å². The predicted molar refractivity (Wildman–Crippen MR) is 67.8 cm³/mol. The molecule has 0 aromatic rings. The van der Waals surface area contributed by atoms with Crippen molar-refractivity contribution in [2.45, 2.75) is 5.97 Å². The van der Waals surface area contributed by atoms with E-state index in [0.717, 1.165) is 14.2 Å². The van der Waals surface area contributed by atoms with Crippen molar-refractivity contribution in [2.24, 2.45) is 5.41 Å². The van der Waals surface area contributed by atoms with Gasteiger partial charge < -0.3 is 49.5 Å². The van der Waals surface area contributed by atoms with Crippen molar-refractivity contribution in [2.75, 3.05) is 34.0 Å². The summed E-state index contributed by atoms with van der Waals surface area (Å²) in [5.74, 6) is -2.20. The maximum Gasteiger partial charge on any atom is 0.478 e. The third-order valence-electron chi connectivity index (χ3n) is 2.34. The summed E-state index contributed by atoms with van der Waals surface area (Å²) in [6.45, 7) is -2.01. The van der Waals surface area contributed by atoms with E-state index in [2.05, 4.69) is 13.8 Å². The molecule has 8 N–H and O–H groups in total. The fourth-order valence-electron chi connectivity index (χ4n) is 1.10. The molecule has 0 aliphatic rings. The standard InChI is InChI=1S/C7H16O6.H4O7P2/c1-12-7(11,13-2)6(3-8,4-9)5-10;1-8(2,3)7-9(4,5)6/h8-11H,3-5H2,1-2H3;(H2,1,2,3)(H2,4,5,6). The van der Waals surface area contributed by atoms with E-state index >= 15 is 0 Å². The van der Waals surface area contributed by atoms with Crippen molar-refractivity contribution in [3.05, 3.63) is 0 Å². The molecule has 13 nitrogen and oxygen atoms in total. The number of phosphoric acid groups is 2. The molecule has 0 aromatic carbocycles. The van der Waals surface area contributed by atoms with Crippen LogP contribution in [0.4, 0.5) is 0 Å². The normalized spacial score (nSPS) is 13.5. The van der Waals surface area contributed by atoms with Crippen LogP contribution in [-0.4, -0.2) is 80.0 Å². The maximum absolute atomic E-state index is 9.63. The highest BCUT2D eigenvalue weighted by Crippen LogP contribution is 2.53. The van der Waals surface area contributed by atoms with Gasteiger partial charge in [-0.3, -0.25) is 0 Å². The molecular formula is C7H20O13P2. The first-order valence-electron chi connectivity index (χ1n) is 5.24. The molecule has 0 aromatic heterocycles. The van der Waals surface area contributed by atoms with Gasteiger partial charge in [-0.1, -0.05) is 0 Å². The van der Waals surface area contributed by atoms with Gasteiger partial charge in [-0.2, -0.15) is 4.31 Å². The molecule has 0 heterocycles. The molecule has 0 aliphatic heterocycles. The van der Waals surface area contributed by atoms with Gasteiger partial charge in [-0.25, -0.2) is 9.13 Å². The van der Waals surface area contributed by atoms with Gasteiger partial charge in [0, 0.05) is 14.2 Å². The molecule has 0 saturated heterocycles. The van der Waals surface area contributed by atoms with Gasteiger partial charge in [0.05, 0.1) is 19.8 Å². The molecule has 0 radical (unpaired) electrons. The molecule has 0 fully saturated rings. The molecule has 0 atom stereocenters. The van der Waals surface area contributed by atoms with E-state index in [0.29, 0.717) is 0 Å². The summed E-state index contributed by atoms with van der Waals surface area (Å²) in [5, 5.41) is 36.4. The molecule has 22 heavy (non-hydrogen) atoms. The second kappa shape index (κ2) is 9.35. The summed E-state index contributed by atoms with van der Waals surface area (Å²) in [6.07, 6.45) is 0. The number of methoxy groups -OCH3 is 2. The lowest BCUT2D eigenvalue weighted by Crippen LogP contribution is -2.57. The van der Waals surface area contributed by atoms with Gasteiger partial charge in [0.1, 0.15) is 5.41 Å². The lowest BCUT2D eigenvalue weighted by atomic mass is 9.88. The first kappa shape index (κ1) is 24.3. The first-order valence-corrected chi connectivity index (χ1v) is 8.30. The lowest BCUT2D eigenvalue weighted by Gasteiger charge is -2.40. The van der Waals surface area contributed by atoms with E-state index < -0.39 is 46.9 Å². The van der Waals surface area contributed by atoms with Gasteiger partial charge in [-0.05, 0) is 0 Å². The number of aliphatic hydroxyl groups excluding tert-OH is 3. The summed E-state index contributed by atoms with van der Waals surface area (Å²) in [5.41, 5.74) is -1.64. The van der Waals surface area contributed by atoms with Crippen LogP contribution >= 0.6 is 15.6 Å². The van der Waals surface area contributed by atoms with Crippen LogP contribution in [0, 0.1) is 5.41 Å². The Morgan fingerprint density at radius 3 is 1.14 bits per heavy atom. The summed E-state index contributed by atoms with van der Waals surface area (Å²) < 4.78 is 31.4. The molecule has 0 spiro atoms. The number of rotatable bonds is 8. The Morgan fingerprint density at radius 1 is 0.818 bits per heavy atom. The van der Waals surface area contributed by atoms with Crippen molar-refractivity contribution in [1.82, 2.24) is 0 Å². The fourth-order valence-corrected chi connectivity index (χ4v) is 2.21. The second-order valence-corrected chi connectivity index (χ2v) is 6.42. The average molecular weight is 374 g/mol. The molecule has 136 valence electrons. The SMILES string of the molecule is COC(O)(OC)C(CO)(CO)CO.O=P(O)(O)OP(=O)(O)O. The molecule has 0 aliphatic carbocycles. The van der Waals surface area contributed by atoms with Crippen molar-refractivity contribution in [3.63, 3.8) is 0 Å². The van der Waals surface area contributed by atoms with E-state index in [1.54, 1.807) is 0 Å². The second-order valence-electron chi connectivity index (χ2n) is 3.81. The maximum atomic E-state index is 9.63. The van der Waals surface area contributed by atoms with Crippen LogP contribution in [0.5, 0.6) is 0 Å². The van der Waals surface area contributed by atoms with Crippen LogP contribution in [0.15, 0.2) is 0 Å². The van der Waals surface area contributed by atoms with Crippen LogP contribution in [0.25, 0.3) is 0 Å². The average Bonchev–Trinajstić information content (AvgIpc) is 2.37. The van der Waals surface area contributed by atoms with E-state index in [4.69, 9.17) is 34.9 Å². The fraction of sp³-hybridized carbons (Fsp3) is 1.00. The van der Waals surface area contributed by atoms with Gasteiger partial charge >= 0.3 is 15.6 Å². The molecule has 0 rings (SSSR count). The Kier molecular flexibility index (Phi) is 10.3. The summed E-state index contributed by atoms with van der Waals surface area (Å²) >= 11 is 0. The van der Waals surface area contributed by atoms with E-state index in [1.165, 1.54) is 0 Å². The van der Waals surface area contributed by atoms with Crippen LogP contribution in [-0.2, 0) is 22.9 Å². The third-order valence-corrected chi connectivity index (χ3v) is 4.05. The van der Waals surface area contributed by atoms with E-state index in [9.17, 15) is 14.2 Å². The monoisotopic (exact) mass is 374 g/mol. The van der Waals surface area contributed by atoms with Crippen molar-refractivity contribution in [3.8, 4) is 0 Å². The number of ether oxygens (including phenoxy) is 2. The molecule has 0 saturated carbocycles. The van der Waals surface area contributed by atoms with Crippen molar-refractivity contribution >= 4 is 15.6 Å². The molecule has 0 amide bonds. The largest absolute Gasteiger partial charge is 0.478 e.